The van der Waals surface area contributed by atoms with Crippen LogP contribution in [-0.4, -0.2) is 52.2 Å². The van der Waals surface area contributed by atoms with Crippen LogP contribution in [0.2, 0.25) is 0 Å². The van der Waals surface area contributed by atoms with Crippen LogP contribution in [-0.2, 0) is 9.59 Å². The molecule has 10 N–H and O–H groups in total. The monoisotopic (exact) mass is 600 g/mol. The number of carbonyl (C=O) groups is 3. The van der Waals surface area contributed by atoms with Gasteiger partial charge in [0.25, 0.3) is 0 Å². The maximum atomic E-state index is 12.4. The van der Waals surface area contributed by atoms with Crippen LogP contribution in [0.25, 0.3) is 11.1 Å². The number of hydrogen-bond acceptors (Lipinski definition) is 5. The van der Waals surface area contributed by atoms with Gasteiger partial charge in [0, 0.05) is 22.4 Å². The van der Waals surface area contributed by atoms with Crippen LogP contribution in [0.3, 0.4) is 0 Å². The molecule has 3 rings (SSSR count). The van der Waals surface area contributed by atoms with Crippen molar-refractivity contribution in [3.8, 4) is 11.1 Å². The minimum Gasteiger partial charge on any atom is -0.475 e. The maximum Gasteiger partial charge on any atom is 0.490 e. The Kier molecular flexibility index (Phi) is 12.0. The average molecular weight is 600 g/mol. The first-order valence-electron chi connectivity index (χ1n) is 11.0. The molecule has 0 atom stereocenters. The molecule has 0 radical (unpaired) electrons. The Morgan fingerprint density at radius 1 is 0.667 bits per heavy atom. The molecule has 224 valence electrons. The standard InChI is InChI=1S/C21H20N6O.2C2HF3O2/c22-19(23)13-8-10-16(11-9-13)26-21(28)27-18-7-2-1-6-17(18)14-4-3-5-15(12-14)20(24)25;2*3-2(4,5)1(6)7/h1-12H,(H3,22,23)(H3,24,25)(H2,26,27,28);2*(H,6,7). The van der Waals surface area contributed by atoms with Gasteiger partial charge in [0.15, 0.2) is 0 Å². The molecular weight excluding hydrogens is 578 g/mol. The largest absolute Gasteiger partial charge is 0.490 e. The molecule has 2 amide bonds. The summed E-state index contributed by atoms with van der Waals surface area (Å²) in [7, 11) is 0. The number of carboxylic acid groups (broad SMARTS) is 2. The second-order valence-corrected chi connectivity index (χ2v) is 7.72. The number of carboxylic acids is 2. The fourth-order valence-electron chi connectivity index (χ4n) is 2.72. The Labute approximate surface area is 232 Å². The van der Waals surface area contributed by atoms with Crippen LogP contribution < -0.4 is 22.1 Å². The first kappa shape index (κ1) is 34.4. The average Bonchev–Trinajstić information content (AvgIpc) is 2.89. The van der Waals surface area contributed by atoms with Gasteiger partial charge in [-0.05, 0) is 42.0 Å². The molecule has 11 nitrogen and oxygen atoms in total. The minimum atomic E-state index is -5.08. The predicted molar refractivity (Wildman–Crippen MR) is 140 cm³/mol. The number of urea groups is 1. The highest BCUT2D eigenvalue weighted by Crippen LogP contribution is 2.28. The summed E-state index contributed by atoms with van der Waals surface area (Å²) in [5.41, 5.74) is 15.1. The van der Waals surface area contributed by atoms with E-state index in [1.165, 1.54) is 0 Å². The Morgan fingerprint density at radius 2 is 1.14 bits per heavy atom. The lowest BCUT2D eigenvalue weighted by Crippen LogP contribution is -2.21. The summed E-state index contributed by atoms with van der Waals surface area (Å²) < 4.78 is 63.5. The highest BCUT2D eigenvalue weighted by Gasteiger charge is 2.38. The summed E-state index contributed by atoms with van der Waals surface area (Å²) in [6.07, 6.45) is -10.2. The number of amides is 2. The molecule has 0 aliphatic heterocycles. The third-order valence-electron chi connectivity index (χ3n) is 4.60. The van der Waals surface area contributed by atoms with Crippen LogP contribution in [0.5, 0.6) is 0 Å². The lowest BCUT2D eigenvalue weighted by molar-refractivity contribution is -0.193. The number of nitrogen functional groups attached to an aromatic ring is 2. The number of benzene rings is 3. The molecule has 3 aromatic carbocycles. The van der Waals surface area contributed by atoms with Gasteiger partial charge < -0.3 is 32.3 Å². The van der Waals surface area contributed by atoms with Crippen molar-refractivity contribution in [2.24, 2.45) is 11.5 Å². The Balaban J connectivity index is 0.000000522. The normalized spacial score (nSPS) is 10.5. The van der Waals surface area contributed by atoms with Gasteiger partial charge >= 0.3 is 30.3 Å². The van der Waals surface area contributed by atoms with Crippen molar-refractivity contribution in [1.29, 1.82) is 10.8 Å². The number of alkyl halides is 6. The molecule has 0 fully saturated rings. The van der Waals surface area contributed by atoms with E-state index in [0.717, 1.165) is 11.1 Å². The Hall–Kier alpha value is -5.61. The van der Waals surface area contributed by atoms with Crippen LogP contribution in [0.4, 0.5) is 42.5 Å². The lowest BCUT2D eigenvalue weighted by atomic mass is 10.0. The third-order valence-corrected chi connectivity index (χ3v) is 4.60. The Bertz CT molecular complexity index is 1420. The quantitative estimate of drug-likeness (QED) is 0.116. The zero-order valence-electron chi connectivity index (χ0n) is 21.0. The molecule has 0 saturated heterocycles. The number of hydrogen-bond donors (Lipinski definition) is 8. The van der Waals surface area contributed by atoms with E-state index in [-0.39, 0.29) is 11.7 Å². The highest BCUT2D eigenvalue weighted by molar-refractivity contribution is 6.03. The van der Waals surface area contributed by atoms with E-state index >= 15 is 0 Å². The van der Waals surface area contributed by atoms with Gasteiger partial charge in [-0.15, -0.1) is 0 Å². The summed E-state index contributed by atoms with van der Waals surface area (Å²) >= 11 is 0. The van der Waals surface area contributed by atoms with E-state index in [4.69, 9.17) is 42.1 Å². The topological polar surface area (TPSA) is 215 Å². The number of halogens is 6. The number of anilines is 2. The van der Waals surface area contributed by atoms with Crippen molar-refractivity contribution in [3.05, 3.63) is 83.9 Å². The van der Waals surface area contributed by atoms with E-state index in [1.807, 2.05) is 30.3 Å². The lowest BCUT2D eigenvalue weighted by Gasteiger charge is -2.13. The summed E-state index contributed by atoms with van der Waals surface area (Å²) in [4.78, 5) is 30.2. The number of aliphatic carboxylic acids is 2. The molecule has 0 bridgehead atoms. The van der Waals surface area contributed by atoms with Gasteiger partial charge in [0.1, 0.15) is 11.7 Å². The first-order chi connectivity index (χ1) is 19.3. The second-order valence-electron chi connectivity index (χ2n) is 7.72. The number of nitrogens with two attached hydrogens (primary N) is 2. The van der Waals surface area contributed by atoms with Crippen LogP contribution in [0.15, 0.2) is 72.8 Å². The number of rotatable bonds is 5. The summed E-state index contributed by atoms with van der Waals surface area (Å²) in [5.74, 6) is -5.56. The SMILES string of the molecule is N=C(N)c1ccc(NC(=O)Nc2ccccc2-c2cccc(C(=N)N)c2)cc1.O=C(O)C(F)(F)F.O=C(O)C(F)(F)F. The van der Waals surface area contributed by atoms with E-state index in [2.05, 4.69) is 10.6 Å². The van der Waals surface area contributed by atoms with Crippen molar-refractivity contribution in [1.82, 2.24) is 0 Å². The molecule has 0 saturated carbocycles. The van der Waals surface area contributed by atoms with Gasteiger partial charge in [0.2, 0.25) is 0 Å². The molecule has 3 aromatic rings. The molecule has 0 aromatic heterocycles. The predicted octanol–water partition coefficient (Wildman–Crippen LogP) is 4.83. The zero-order chi connectivity index (χ0) is 32.3. The smallest absolute Gasteiger partial charge is 0.475 e. The second kappa shape index (κ2) is 14.7. The van der Waals surface area contributed by atoms with Crippen molar-refractivity contribution in [2.75, 3.05) is 10.6 Å². The molecule has 17 heteroatoms. The third kappa shape index (κ3) is 11.6. The van der Waals surface area contributed by atoms with Crippen molar-refractivity contribution in [3.63, 3.8) is 0 Å². The number of carbonyl (C=O) groups excluding carboxylic acids is 1. The van der Waals surface area contributed by atoms with Crippen LogP contribution >= 0.6 is 0 Å². The van der Waals surface area contributed by atoms with Gasteiger partial charge in [-0.3, -0.25) is 10.8 Å². The van der Waals surface area contributed by atoms with E-state index in [9.17, 15) is 31.1 Å². The molecule has 0 heterocycles. The maximum absolute atomic E-state index is 12.4. The Morgan fingerprint density at radius 3 is 1.60 bits per heavy atom. The number of para-hydroxylation sites is 1. The van der Waals surface area contributed by atoms with Crippen molar-refractivity contribution >= 4 is 41.0 Å². The van der Waals surface area contributed by atoms with E-state index in [1.54, 1.807) is 42.5 Å². The fourth-order valence-corrected chi connectivity index (χ4v) is 2.72. The van der Waals surface area contributed by atoms with Crippen molar-refractivity contribution < 1.29 is 50.9 Å². The zero-order valence-corrected chi connectivity index (χ0v) is 21.0. The van der Waals surface area contributed by atoms with Gasteiger partial charge in [-0.2, -0.15) is 26.3 Å². The molecule has 0 spiro atoms. The summed E-state index contributed by atoms with van der Waals surface area (Å²) in [6, 6.07) is 21.0. The van der Waals surface area contributed by atoms with Gasteiger partial charge in [-0.25, -0.2) is 14.4 Å². The first-order valence-corrected chi connectivity index (χ1v) is 11.0. The van der Waals surface area contributed by atoms with Gasteiger partial charge in [-0.1, -0.05) is 36.4 Å². The number of amidine groups is 2. The molecule has 42 heavy (non-hydrogen) atoms. The van der Waals surface area contributed by atoms with Gasteiger partial charge in [0.05, 0.1) is 5.69 Å². The molecule has 0 unspecified atom stereocenters. The number of nitrogens with one attached hydrogen (secondary N) is 4. The fraction of sp³-hybridized carbons (Fsp3) is 0.0800. The van der Waals surface area contributed by atoms with Crippen LogP contribution in [0, 0.1) is 10.8 Å². The van der Waals surface area contributed by atoms with E-state index in [0.29, 0.717) is 22.5 Å². The molecular formula is C25H22F6N6O5. The highest BCUT2D eigenvalue weighted by atomic mass is 19.4. The molecule has 0 aliphatic rings. The van der Waals surface area contributed by atoms with Crippen LogP contribution in [0.1, 0.15) is 11.1 Å². The molecule has 0 aliphatic carbocycles. The summed E-state index contributed by atoms with van der Waals surface area (Å²) in [5, 5.41) is 34.8. The minimum absolute atomic E-state index is 0.0148. The summed E-state index contributed by atoms with van der Waals surface area (Å²) in [6.45, 7) is 0. The van der Waals surface area contributed by atoms with Crippen molar-refractivity contribution in [2.45, 2.75) is 12.4 Å². The van der Waals surface area contributed by atoms with E-state index < -0.39 is 30.3 Å².